The fourth-order valence-electron chi connectivity index (χ4n) is 5.33. The Balaban J connectivity index is 1.08. The number of halogens is 1. The number of hydrogen-bond donors (Lipinski definition) is 0. The second kappa shape index (κ2) is 9.66. The standard InChI is InChI=1S/C25H30FN5O3/c26-19-3-5-20(6-4-19)30-16-14-29(15-17-30)11-7-21-18-25(24(33)34-21)8-12-31(13-9-25)23(32)22-2-1-10-27-28-22/h1-6,10,21H,7-9,11-18H2/t21-/m0/s1. The van der Waals surface area contributed by atoms with Crippen LogP contribution in [0.2, 0.25) is 0 Å². The van der Waals surface area contributed by atoms with Crippen LogP contribution in [0, 0.1) is 11.2 Å². The van der Waals surface area contributed by atoms with E-state index in [4.69, 9.17) is 4.74 Å². The van der Waals surface area contributed by atoms with Crippen molar-refractivity contribution in [2.45, 2.75) is 31.8 Å². The number of rotatable bonds is 5. The number of carbonyl (C=O) groups excluding carboxylic acids is 2. The van der Waals surface area contributed by atoms with Gasteiger partial charge >= 0.3 is 5.97 Å². The minimum absolute atomic E-state index is 0.0649. The van der Waals surface area contributed by atoms with Gasteiger partial charge in [-0.25, -0.2) is 4.39 Å². The number of aromatic nitrogens is 2. The molecule has 3 fully saturated rings. The molecule has 2 aromatic rings. The number of piperidine rings is 1. The lowest BCUT2D eigenvalue weighted by Gasteiger charge is -2.37. The van der Waals surface area contributed by atoms with E-state index in [-0.39, 0.29) is 23.8 Å². The van der Waals surface area contributed by atoms with Gasteiger partial charge in [-0.3, -0.25) is 14.5 Å². The zero-order chi connectivity index (χ0) is 23.5. The summed E-state index contributed by atoms with van der Waals surface area (Å²) < 4.78 is 19.0. The molecule has 4 heterocycles. The van der Waals surface area contributed by atoms with E-state index < -0.39 is 5.41 Å². The van der Waals surface area contributed by atoms with Gasteiger partial charge in [0.15, 0.2) is 5.69 Å². The van der Waals surface area contributed by atoms with Gasteiger partial charge in [0.25, 0.3) is 5.91 Å². The number of amides is 1. The quantitative estimate of drug-likeness (QED) is 0.625. The third-order valence-corrected chi connectivity index (χ3v) is 7.46. The van der Waals surface area contributed by atoms with E-state index in [0.717, 1.165) is 51.3 Å². The SMILES string of the molecule is O=C(c1cccnn1)N1CCC2(CC1)C[C@H](CCN1CCN(c3ccc(F)cc3)CC1)OC2=O. The van der Waals surface area contributed by atoms with Crippen molar-refractivity contribution in [1.29, 1.82) is 0 Å². The van der Waals surface area contributed by atoms with Crippen LogP contribution in [0.15, 0.2) is 42.6 Å². The van der Waals surface area contributed by atoms with Crippen LogP contribution in [0.4, 0.5) is 10.1 Å². The van der Waals surface area contributed by atoms with Crippen LogP contribution < -0.4 is 4.90 Å². The highest BCUT2D eigenvalue weighted by molar-refractivity contribution is 5.92. The van der Waals surface area contributed by atoms with Crippen molar-refractivity contribution >= 4 is 17.6 Å². The minimum atomic E-state index is -0.467. The molecule has 0 N–H and O–H groups in total. The van der Waals surface area contributed by atoms with E-state index >= 15 is 0 Å². The summed E-state index contributed by atoms with van der Waals surface area (Å²) in [5.41, 5.74) is 0.923. The zero-order valence-electron chi connectivity index (χ0n) is 19.2. The number of benzene rings is 1. The molecule has 5 rings (SSSR count). The molecule has 34 heavy (non-hydrogen) atoms. The second-order valence-electron chi connectivity index (χ2n) is 9.51. The maximum atomic E-state index is 13.2. The molecular weight excluding hydrogens is 437 g/mol. The molecule has 3 aliphatic heterocycles. The third kappa shape index (κ3) is 4.75. The highest BCUT2D eigenvalue weighted by Gasteiger charge is 2.50. The van der Waals surface area contributed by atoms with Gasteiger partial charge in [-0.15, -0.1) is 5.10 Å². The Morgan fingerprint density at radius 1 is 1.06 bits per heavy atom. The van der Waals surface area contributed by atoms with Crippen LogP contribution in [-0.4, -0.2) is 83.8 Å². The Kier molecular flexibility index (Phi) is 6.45. The summed E-state index contributed by atoms with van der Waals surface area (Å²) in [6.45, 7) is 5.62. The Labute approximate surface area is 198 Å². The molecule has 0 saturated carbocycles. The van der Waals surface area contributed by atoms with Crippen LogP contribution >= 0.6 is 0 Å². The fourth-order valence-corrected chi connectivity index (χ4v) is 5.33. The van der Waals surface area contributed by atoms with Crippen molar-refractivity contribution in [2.24, 2.45) is 5.41 Å². The molecule has 0 radical (unpaired) electrons. The molecule has 1 amide bonds. The molecule has 0 aliphatic carbocycles. The summed E-state index contributed by atoms with van der Waals surface area (Å²) in [5.74, 6) is -0.454. The fraction of sp³-hybridized carbons (Fsp3) is 0.520. The number of carbonyl (C=O) groups is 2. The molecule has 9 heteroatoms. The van der Waals surface area contributed by atoms with Crippen molar-refractivity contribution in [3.05, 3.63) is 54.1 Å². The Bertz CT molecular complexity index is 1000. The zero-order valence-corrected chi connectivity index (χ0v) is 19.2. The Morgan fingerprint density at radius 2 is 1.79 bits per heavy atom. The van der Waals surface area contributed by atoms with Gasteiger partial charge in [0.1, 0.15) is 11.9 Å². The number of esters is 1. The van der Waals surface area contributed by atoms with Crippen molar-refractivity contribution < 1.29 is 18.7 Å². The molecule has 3 saturated heterocycles. The number of nitrogens with zero attached hydrogens (tertiary/aromatic N) is 5. The number of anilines is 1. The third-order valence-electron chi connectivity index (χ3n) is 7.46. The van der Waals surface area contributed by atoms with Gasteiger partial charge in [-0.2, -0.15) is 5.10 Å². The topological polar surface area (TPSA) is 78.9 Å². The summed E-state index contributed by atoms with van der Waals surface area (Å²) in [5, 5.41) is 7.69. The van der Waals surface area contributed by atoms with Gasteiger partial charge in [0, 0.05) is 64.1 Å². The molecule has 180 valence electrons. The Hall–Kier alpha value is -3.07. The van der Waals surface area contributed by atoms with E-state index in [0.29, 0.717) is 31.6 Å². The van der Waals surface area contributed by atoms with Crippen LogP contribution in [-0.2, 0) is 9.53 Å². The summed E-state index contributed by atoms with van der Waals surface area (Å²) >= 11 is 0. The first kappa shape index (κ1) is 22.7. The lowest BCUT2D eigenvalue weighted by Crippen LogP contribution is -2.47. The van der Waals surface area contributed by atoms with Crippen LogP contribution in [0.3, 0.4) is 0 Å². The van der Waals surface area contributed by atoms with E-state index in [2.05, 4.69) is 20.0 Å². The van der Waals surface area contributed by atoms with Gasteiger partial charge in [0.05, 0.1) is 5.41 Å². The molecule has 1 spiro atoms. The normalized spacial score (nSPS) is 22.7. The van der Waals surface area contributed by atoms with Crippen LogP contribution in [0.5, 0.6) is 0 Å². The molecule has 0 bridgehead atoms. The highest BCUT2D eigenvalue weighted by Crippen LogP contribution is 2.44. The predicted molar refractivity (Wildman–Crippen MR) is 124 cm³/mol. The van der Waals surface area contributed by atoms with E-state index in [1.807, 2.05) is 12.1 Å². The number of hydrogen-bond acceptors (Lipinski definition) is 7. The van der Waals surface area contributed by atoms with E-state index in [1.165, 1.54) is 12.1 Å². The first-order valence-electron chi connectivity index (χ1n) is 12.0. The highest BCUT2D eigenvalue weighted by atomic mass is 19.1. The molecule has 3 aliphatic rings. The maximum absolute atomic E-state index is 13.2. The molecular formula is C25H30FN5O3. The average molecular weight is 468 g/mol. The molecule has 1 aromatic carbocycles. The summed E-state index contributed by atoms with van der Waals surface area (Å²) in [4.78, 5) is 31.9. The van der Waals surface area contributed by atoms with E-state index in [1.54, 1.807) is 23.2 Å². The van der Waals surface area contributed by atoms with Gasteiger partial charge < -0.3 is 14.5 Å². The minimum Gasteiger partial charge on any atom is -0.462 e. The number of likely N-dealkylation sites (tertiary alicyclic amines) is 1. The van der Waals surface area contributed by atoms with Crippen LogP contribution in [0.25, 0.3) is 0 Å². The predicted octanol–water partition coefficient (Wildman–Crippen LogP) is 2.37. The molecule has 0 unspecified atom stereocenters. The molecule has 1 aromatic heterocycles. The summed E-state index contributed by atoms with van der Waals surface area (Å²) in [6, 6.07) is 10.0. The monoisotopic (exact) mass is 467 g/mol. The van der Waals surface area contributed by atoms with Crippen molar-refractivity contribution in [3.63, 3.8) is 0 Å². The number of piperazine rings is 1. The van der Waals surface area contributed by atoms with Crippen LogP contribution in [0.1, 0.15) is 36.2 Å². The number of cyclic esters (lactones) is 1. The Morgan fingerprint density at radius 3 is 2.47 bits per heavy atom. The lowest BCUT2D eigenvalue weighted by atomic mass is 9.75. The van der Waals surface area contributed by atoms with Gasteiger partial charge in [-0.05, 0) is 55.7 Å². The smallest absolute Gasteiger partial charge is 0.312 e. The summed E-state index contributed by atoms with van der Waals surface area (Å²) in [6.07, 6.45) is 4.29. The largest absolute Gasteiger partial charge is 0.462 e. The molecule has 8 nitrogen and oxygen atoms in total. The van der Waals surface area contributed by atoms with Crippen molar-refractivity contribution in [3.8, 4) is 0 Å². The van der Waals surface area contributed by atoms with Gasteiger partial charge in [0.2, 0.25) is 0 Å². The average Bonchev–Trinajstić information content (AvgIpc) is 3.18. The van der Waals surface area contributed by atoms with Crippen molar-refractivity contribution in [1.82, 2.24) is 20.0 Å². The van der Waals surface area contributed by atoms with Gasteiger partial charge in [-0.1, -0.05) is 0 Å². The first-order valence-corrected chi connectivity index (χ1v) is 12.0. The number of ether oxygens (including phenoxy) is 1. The van der Waals surface area contributed by atoms with E-state index in [9.17, 15) is 14.0 Å². The lowest BCUT2D eigenvalue weighted by molar-refractivity contribution is -0.150. The second-order valence-corrected chi connectivity index (χ2v) is 9.51. The summed E-state index contributed by atoms with van der Waals surface area (Å²) in [7, 11) is 0. The first-order chi connectivity index (χ1) is 16.5. The maximum Gasteiger partial charge on any atom is 0.312 e. The molecule has 1 atom stereocenters. The van der Waals surface area contributed by atoms with Crippen molar-refractivity contribution in [2.75, 3.05) is 50.7 Å².